The molecule has 5 nitrogen and oxygen atoms in total. The minimum absolute atomic E-state index is 0.147. The third kappa shape index (κ3) is 4.48. The van der Waals surface area contributed by atoms with Gasteiger partial charge in [0, 0.05) is 5.71 Å². The zero-order valence-corrected chi connectivity index (χ0v) is 12.7. The number of hydrazone groups is 1. The van der Waals surface area contributed by atoms with E-state index in [2.05, 4.69) is 22.8 Å². The summed E-state index contributed by atoms with van der Waals surface area (Å²) < 4.78 is 5.23. The summed E-state index contributed by atoms with van der Waals surface area (Å²) in [6, 6.07) is 7.51. The molecule has 0 heterocycles. The number of methoxy groups -OCH3 is 1. The van der Waals surface area contributed by atoms with E-state index in [-0.39, 0.29) is 12.5 Å². The molecule has 1 unspecified atom stereocenters. The van der Waals surface area contributed by atoms with Crippen molar-refractivity contribution in [1.29, 1.82) is 0 Å². The third-order valence-electron chi connectivity index (χ3n) is 3.76. The first-order valence-corrected chi connectivity index (χ1v) is 7.43. The Balaban J connectivity index is 1.83. The highest BCUT2D eigenvalue weighted by molar-refractivity contribution is 5.89. The standard InChI is InChI=1S/C16H23N3O2/c1-12-7-3-4-8-13(12)18-19-16(20)11-17-14-9-5-6-10-15(14)21-2/h5-6,9-10,12,17H,3-4,7-8,11H2,1-2H3,(H,19,20)/b18-13-. The van der Waals surface area contributed by atoms with E-state index in [1.54, 1.807) is 7.11 Å². The summed E-state index contributed by atoms with van der Waals surface area (Å²) in [7, 11) is 1.61. The fraction of sp³-hybridized carbons (Fsp3) is 0.500. The van der Waals surface area contributed by atoms with E-state index in [9.17, 15) is 4.79 Å². The zero-order valence-electron chi connectivity index (χ0n) is 12.7. The van der Waals surface area contributed by atoms with Crippen LogP contribution in [0.15, 0.2) is 29.4 Å². The van der Waals surface area contributed by atoms with Crippen molar-refractivity contribution in [2.45, 2.75) is 32.6 Å². The van der Waals surface area contributed by atoms with Gasteiger partial charge in [-0.25, -0.2) is 5.43 Å². The first-order valence-electron chi connectivity index (χ1n) is 7.43. The van der Waals surface area contributed by atoms with Gasteiger partial charge in [0.25, 0.3) is 5.91 Å². The number of para-hydroxylation sites is 2. The minimum atomic E-state index is -0.147. The van der Waals surface area contributed by atoms with Crippen LogP contribution in [0.4, 0.5) is 5.69 Å². The van der Waals surface area contributed by atoms with Crippen molar-refractivity contribution in [3.8, 4) is 5.75 Å². The molecule has 1 saturated carbocycles. The fourth-order valence-corrected chi connectivity index (χ4v) is 2.48. The van der Waals surface area contributed by atoms with Crippen LogP contribution in [0.2, 0.25) is 0 Å². The molecule has 0 aromatic heterocycles. The summed E-state index contributed by atoms with van der Waals surface area (Å²) in [4.78, 5) is 11.8. The monoisotopic (exact) mass is 289 g/mol. The number of carbonyl (C=O) groups is 1. The molecule has 2 rings (SSSR count). The molecule has 1 aromatic rings. The maximum atomic E-state index is 11.8. The molecule has 21 heavy (non-hydrogen) atoms. The van der Waals surface area contributed by atoms with Gasteiger partial charge < -0.3 is 10.1 Å². The number of rotatable bonds is 5. The third-order valence-corrected chi connectivity index (χ3v) is 3.76. The number of nitrogens with zero attached hydrogens (tertiary/aromatic N) is 1. The van der Waals surface area contributed by atoms with Crippen LogP contribution in [0, 0.1) is 5.92 Å². The second-order valence-electron chi connectivity index (χ2n) is 5.34. The first-order chi connectivity index (χ1) is 10.2. The van der Waals surface area contributed by atoms with E-state index < -0.39 is 0 Å². The van der Waals surface area contributed by atoms with Crippen LogP contribution in [0.1, 0.15) is 32.6 Å². The van der Waals surface area contributed by atoms with E-state index in [4.69, 9.17) is 4.74 Å². The molecule has 114 valence electrons. The molecule has 2 N–H and O–H groups in total. The minimum Gasteiger partial charge on any atom is -0.495 e. The number of carbonyl (C=O) groups excluding carboxylic acids is 1. The van der Waals surface area contributed by atoms with E-state index in [1.165, 1.54) is 12.8 Å². The van der Waals surface area contributed by atoms with Crippen molar-refractivity contribution in [3.05, 3.63) is 24.3 Å². The predicted octanol–water partition coefficient (Wildman–Crippen LogP) is 2.79. The van der Waals surface area contributed by atoms with Crippen molar-refractivity contribution in [1.82, 2.24) is 5.43 Å². The largest absolute Gasteiger partial charge is 0.495 e. The maximum Gasteiger partial charge on any atom is 0.259 e. The molecule has 1 aliphatic rings. The summed E-state index contributed by atoms with van der Waals surface area (Å²) in [5.74, 6) is 1.05. The van der Waals surface area contributed by atoms with Gasteiger partial charge in [0.05, 0.1) is 19.3 Å². The predicted molar refractivity (Wildman–Crippen MR) is 84.7 cm³/mol. The molecule has 0 aliphatic heterocycles. The Kier molecular flexibility index (Phi) is 5.60. The number of hydrogen-bond acceptors (Lipinski definition) is 4. The highest BCUT2D eigenvalue weighted by atomic mass is 16.5. The van der Waals surface area contributed by atoms with E-state index >= 15 is 0 Å². The van der Waals surface area contributed by atoms with Crippen LogP contribution in [0.5, 0.6) is 5.75 Å². The molecule has 5 heteroatoms. The van der Waals surface area contributed by atoms with E-state index in [0.29, 0.717) is 5.92 Å². The molecular weight excluding hydrogens is 266 g/mol. The van der Waals surface area contributed by atoms with Crippen molar-refractivity contribution < 1.29 is 9.53 Å². The Labute approximate surface area is 125 Å². The molecule has 0 spiro atoms. The second kappa shape index (κ2) is 7.67. The number of benzene rings is 1. The smallest absolute Gasteiger partial charge is 0.259 e. The van der Waals surface area contributed by atoms with Gasteiger partial charge >= 0.3 is 0 Å². The summed E-state index contributed by atoms with van der Waals surface area (Å²) >= 11 is 0. The molecule has 1 aromatic carbocycles. The van der Waals surface area contributed by atoms with Gasteiger partial charge in [-0.3, -0.25) is 4.79 Å². The van der Waals surface area contributed by atoms with Crippen LogP contribution < -0.4 is 15.5 Å². The van der Waals surface area contributed by atoms with Gasteiger partial charge in [-0.15, -0.1) is 0 Å². The summed E-state index contributed by atoms with van der Waals surface area (Å²) in [6.07, 6.45) is 4.57. The molecule has 1 atom stereocenters. The highest BCUT2D eigenvalue weighted by Crippen LogP contribution is 2.22. The Morgan fingerprint density at radius 3 is 2.95 bits per heavy atom. The lowest BCUT2D eigenvalue weighted by Crippen LogP contribution is -2.29. The zero-order chi connectivity index (χ0) is 15.1. The van der Waals surface area contributed by atoms with Gasteiger partial charge in [-0.05, 0) is 37.3 Å². The lowest BCUT2D eigenvalue weighted by atomic mass is 9.89. The number of hydrogen-bond donors (Lipinski definition) is 2. The van der Waals surface area contributed by atoms with Crippen LogP contribution in [0.25, 0.3) is 0 Å². The van der Waals surface area contributed by atoms with Gasteiger partial charge in [-0.2, -0.15) is 5.10 Å². The molecule has 1 amide bonds. The Morgan fingerprint density at radius 1 is 1.38 bits per heavy atom. The van der Waals surface area contributed by atoms with Gasteiger partial charge in [-0.1, -0.05) is 25.5 Å². The normalized spacial score (nSPS) is 20.1. The molecular formula is C16H23N3O2. The first kappa shape index (κ1) is 15.4. The SMILES string of the molecule is COc1ccccc1NCC(=O)N/N=C1/CCCCC1C. The van der Waals surface area contributed by atoms with Crippen molar-refractivity contribution in [2.75, 3.05) is 19.0 Å². The summed E-state index contributed by atoms with van der Waals surface area (Å²) in [5, 5.41) is 7.32. The van der Waals surface area contributed by atoms with E-state index in [0.717, 1.165) is 30.0 Å². The topological polar surface area (TPSA) is 62.7 Å². The number of amides is 1. The average Bonchev–Trinajstić information content (AvgIpc) is 2.52. The Morgan fingerprint density at radius 2 is 2.19 bits per heavy atom. The number of nitrogens with one attached hydrogen (secondary N) is 2. The fourth-order valence-electron chi connectivity index (χ4n) is 2.48. The van der Waals surface area contributed by atoms with Gasteiger partial charge in [0.1, 0.15) is 5.75 Å². The summed E-state index contributed by atoms with van der Waals surface area (Å²) in [5.41, 5.74) is 4.54. The quantitative estimate of drug-likeness (QED) is 0.819. The molecule has 0 bridgehead atoms. The molecule has 1 fully saturated rings. The highest BCUT2D eigenvalue weighted by Gasteiger charge is 2.16. The molecule has 1 aliphatic carbocycles. The van der Waals surface area contributed by atoms with Crippen LogP contribution in [-0.2, 0) is 4.79 Å². The van der Waals surface area contributed by atoms with Crippen molar-refractivity contribution in [3.63, 3.8) is 0 Å². The van der Waals surface area contributed by atoms with Gasteiger partial charge in [0.15, 0.2) is 0 Å². The second-order valence-corrected chi connectivity index (χ2v) is 5.34. The van der Waals surface area contributed by atoms with E-state index in [1.807, 2.05) is 24.3 Å². The molecule has 0 saturated heterocycles. The van der Waals surface area contributed by atoms with Crippen LogP contribution >= 0.6 is 0 Å². The summed E-state index contributed by atoms with van der Waals surface area (Å²) in [6.45, 7) is 2.34. The van der Waals surface area contributed by atoms with Crippen LogP contribution in [0.3, 0.4) is 0 Å². The number of anilines is 1. The lowest BCUT2D eigenvalue weighted by molar-refractivity contribution is -0.119. The average molecular weight is 289 g/mol. The molecule has 0 radical (unpaired) electrons. The van der Waals surface area contributed by atoms with Crippen LogP contribution in [-0.4, -0.2) is 25.3 Å². The van der Waals surface area contributed by atoms with Crippen molar-refractivity contribution in [2.24, 2.45) is 11.0 Å². The Bertz CT molecular complexity index is 514. The maximum absolute atomic E-state index is 11.8. The Hall–Kier alpha value is -2.04. The van der Waals surface area contributed by atoms with Gasteiger partial charge in [0.2, 0.25) is 0 Å². The van der Waals surface area contributed by atoms with Crippen molar-refractivity contribution >= 4 is 17.3 Å². The number of ether oxygens (including phenoxy) is 1. The lowest BCUT2D eigenvalue weighted by Gasteiger charge is -2.19.